The van der Waals surface area contributed by atoms with E-state index < -0.39 is 17.9 Å². The number of ketones is 1. The summed E-state index contributed by atoms with van der Waals surface area (Å²) in [6.07, 6.45) is 1.07. The number of halogens is 2. The lowest BCUT2D eigenvalue weighted by molar-refractivity contribution is -0.113. The summed E-state index contributed by atoms with van der Waals surface area (Å²) in [4.78, 5) is 21.8. The number of hydrogen-bond acceptors (Lipinski definition) is 7. The molecule has 1 N–H and O–H groups in total. The molecule has 0 spiro atoms. The van der Waals surface area contributed by atoms with Crippen molar-refractivity contribution in [2.24, 2.45) is 4.99 Å². The Morgan fingerprint density at radius 1 is 1.33 bits per heavy atom. The number of rotatable bonds is 6. The number of allylic oxidation sites excluding steroid dienone is 1. The molecule has 2 aromatic heterocycles. The normalized spacial score (nSPS) is 21.3. The summed E-state index contributed by atoms with van der Waals surface area (Å²) in [7, 11) is 0. The maximum absolute atomic E-state index is 14.8. The third-order valence-corrected chi connectivity index (χ3v) is 6.08. The number of aliphatic hydroxyl groups is 1. The molecule has 10 heteroatoms. The van der Waals surface area contributed by atoms with Gasteiger partial charge in [0.15, 0.2) is 18.1 Å². The minimum Gasteiger partial charge on any atom is -0.469 e. The molecular formula is C23H27ClFN5O3. The van der Waals surface area contributed by atoms with Gasteiger partial charge in [0.1, 0.15) is 11.6 Å². The van der Waals surface area contributed by atoms with Crippen LogP contribution in [0, 0.1) is 13.8 Å². The van der Waals surface area contributed by atoms with E-state index in [0.717, 1.165) is 22.5 Å². The lowest BCUT2D eigenvalue weighted by atomic mass is 10.0. The van der Waals surface area contributed by atoms with Crippen molar-refractivity contribution in [2.75, 3.05) is 19.6 Å². The molecule has 4 heterocycles. The minimum atomic E-state index is -1.28. The van der Waals surface area contributed by atoms with Crippen LogP contribution < -0.4 is 4.74 Å². The second kappa shape index (κ2) is 8.87. The zero-order valence-corrected chi connectivity index (χ0v) is 19.8. The number of hydrogen-bond donors (Lipinski definition) is 1. The molecule has 1 fully saturated rings. The standard InChI is InChI=1S/C23H27ClFN5O3/c1-13-21(14(2)30(28-13)12-23(3,4)32)15-5-6-27-20(7-15)33-19-11-29(10-16(19)25)17-8-26-9-18(31)22(17)24/h5-8,16,19,32H,9-12H2,1-4H3/t16-,19-/m0/s1. The average molecular weight is 476 g/mol. The van der Waals surface area contributed by atoms with Gasteiger partial charge in [-0.15, -0.1) is 0 Å². The highest BCUT2D eigenvalue weighted by Gasteiger charge is 2.37. The van der Waals surface area contributed by atoms with Crippen LogP contribution in [0.15, 0.2) is 34.1 Å². The van der Waals surface area contributed by atoms with E-state index in [1.807, 2.05) is 19.9 Å². The Bertz CT molecular complexity index is 1140. The van der Waals surface area contributed by atoms with Crippen molar-refractivity contribution in [3.63, 3.8) is 0 Å². The van der Waals surface area contributed by atoms with Gasteiger partial charge in [-0.05, 0) is 39.3 Å². The van der Waals surface area contributed by atoms with E-state index in [-0.39, 0.29) is 30.4 Å². The number of carbonyl (C=O) groups is 1. The Balaban J connectivity index is 1.53. The van der Waals surface area contributed by atoms with Crippen molar-refractivity contribution in [3.8, 4) is 17.0 Å². The molecular weight excluding hydrogens is 449 g/mol. The quantitative estimate of drug-likeness (QED) is 0.690. The van der Waals surface area contributed by atoms with E-state index in [4.69, 9.17) is 16.3 Å². The predicted octanol–water partition coefficient (Wildman–Crippen LogP) is 2.84. The number of nitrogens with zero attached hydrogens (tertiary/aromatic N) is 5. The number of Topliss-reactive ketones (excluding diaryl/α,β-unsaturated/α-hetero) is 1. The molecule has 0 unspecified atom stereocenters. The molecule has 4 rings (SSSR count). The Hall–Kier alpha value is -2.78. The van der Waals surface area contributed by atoms with Crippen molar-refractivity contribution in [1.82, 2.24) is 19.7 Å². The summed E-state index contributed by atoms with van der Waals surface area (Å²) >= 11 is 6.13. The summed E-state index contributed by atoms with van der Waals surface area (Å²) < 4.78 is 22.5. The first kappa shape index (κ1) is 23.4. The largest absolute Gasteiger partial charge is 0.469 e. The van der Waals surface area contributed by atoms with Crippen molar-refractivity contribution in [1.29, 1.82) is 0 Å². The molecule has 0 saturated carbocycles. The number of pyridine rings is 1. The number of aromatic nitrogens is 3. The molecule has 0 amide bonds. The average Bonchev–Trinajstić information content (AvgIpc) is 3.21. The predicted molar refractivity (Wildman–Crippen MR) is 123 cm³/mol. The van der Waals surface area contributed by atoms with E-state index in [1.165, 1.54) is 6.21 Å². The molecule has 2 atom stereocenters. The van der Waals surface area contributed by atoms with Crippen molar-refractivity contribution >= 4 is 23.6 Å². The van der Waals surface area contributed by atoms with E-state index in [2.05, 4.69) is 15.1 Å². The second-order valence-electron chi connectivity index (χ2n) is 9.07. The first-order valence-electron chi connectivity index (χ1n) is 10.7. The number of alkyl halides is 1. The summed E-state index contributed by atoms with van der Waals surface area (Å²) in [5.74, 6) is 0.0173. The van der Waals surface area contributed by atoms with E-state index in [0.29, 0.717) is 18.1 Å². The first-order valence-corrected chi connectivity index (χ1v) is 11.1. The fourth-order valence-corrected chi connectivity index (χ4v) is 4.39. The molecule has 0 aromatic carbocycles. The maximum atomic E-state index is 14.8. The molecule has 2 aliphatic heterocycles. The van der Waals surface area contributed by atoms with Crippen molar-refractivity contribution < 1.29 is 19.0 Å². The van der Waals surface area contributed by atoms with E-state index in [1.54, 1.807) is 35.7 Å². The van der Waals surface area contributed by atoms with Crippen LogP contribution in [-0.4, -0.2) is 74.3 Å². The summed E-state index contributed by atoms with van der Waals surface area (Å²) in [6.45, 7) is 7.96. The third kappa shape index (κ3) is 4.94. The third-order valence-electron chi connectivity index (χ3n) is 5.67. The zero-order valence-electron chi connectivity index (χ0n) is 19.0. The van der Waals surface area contributed by atoms with Crippen LogP contribution in [0.5, 0.6) is 5.88 Å². The lowest BCUT2D eigenvalue weighted by Gasteiger charge is -2.21. The molecule has 0 bridgehead atoms. The highest BCUT2D eigenvalue weighted by Crippen LogP contribution is 2.31. The van der Waals surface area contributed by atoms with Gasteiger partial charge in [0.05, 0.1) is 36.6 Å². The monoisotopic (exact) mass is 475 g/mol. The van der Waals surface area contributed by atoms with Crippen LogP contribution in [0.25, 0.3) is 11.1 Å². The van der Waals surface area contributed by atoms with Gasteiger partial charge < -0.3 is 14.7 Å². The van der Waals surface area contributed by atoms with Crippen LogP contribution in [0.3, 0.4) is 0 Å². The van der Waals surface area contributed by atoms with Crippen LogP contribution in [0.1, 0.15) is 25.2 Å². The number of carbonyl (C=O) groups excluding carboxylic acids is 1. The Kier molecular flexibility index (Phi) is 6.28. The first-order chi connectivity index (χ1) is 15.5. The Morgan fingerprint density at radius 2 is 2.09 bits per heavy atom. The summed E-state index contributed by atoms with van der Waals surface area (Å²) in [5.41, 5.74) is 3.01. The van der Waals surface area contributed by atoms with Gasteiger partial charge in [-0.25, -0.2) is 9.37 Å². The fraction of sp³-hybridized carbons (Fsp3) is 0.478. The lowest BCUT2D eigenvalue weighted by Crippen LogP contribution is -2.29. The van der Waals surface area contributed by atoms with Gasteiger partial charge in [0.25, 0.3) is 0 Å². The summed E-state index contributed by atoms with van der Waals surface area (Å²) in [6, 6.07) is 3.61. The second-order valence-corrected chi connectivity index (χ2v) is 9.45. The highest BCUT2D eigenvalue weighted by atomic mass is 35.5. The van der Waals surface area contributed by atoms with Gasteiger partial charge in [-0.1, -0.05) is 11.6 Å². The Labute approximate surface area is 196 Å². The van der Waals surface area contributed by atoms with Crippen LogP contribution in [0.2, 0.25) is 0 Å². The number of dihydropyridines is 1. The highest BCUT2D eigenvalue weighted by molar-refractivity contribution is 6.44. The zero-order chi connectivity index (χ0) is 23.9. The van der Waals surface area contributed by atoms with Crippen LogP contribution in [-0.2, 0) is 11.3 Å². The van der Waals surface area contributed by atoms with Gasteiger partial charge >= 0.3 is 0 Å². The number of aryl methyl sites for hydroxylation is 1. The van der Waals surface area contributed by atoms with Gasteiger partial charge in [-0.2, -0.15) is 5.10 Å². The number of ether oxygens (including phenoxy) is 1. The molecule has 176 valence electrons. The number of likely N-dealkylation sites (tertiary alicyclic amines) is 1. The number of aliphatic imine (C=N–C) groups is 1. The van der Waals surface area contributed by atoms with Crippen molar-refractivity contribution in [3.05, 3.63) is 40.4 Å². The maximum Gasteiger partial charge on any atom is 0.214 e. The van der Waals surface area contributed by atoms with Crippen LogP contribution in [0.4, 0.5) is 4.39 Å². The van der Waals surface area contributed by atoms with Crippen molar-refractivity contribution in [2.45, 2.75) is 52.1 Å². The van der Waals surface area contributed by atoms with Crippen LogP contribution >= 0.6 is 11.6 Å². The fourth-order valence-electron chi connectivity index (χ4n) is 4.17. The molecule has 2 aromatic rings. The summed E-state index contributed by atoms with van der Waals surface area (Å²) in [5, 5.41) is 14.8. The molecule has 2 aliphatic rings. The molecule has 0 radical (unpaired) electrons. The minimum absolute atomic E-state index is 0.0110. The molecule has 0 aliphatic carbocycles. The van der Waals surface area contributed by atoms with E-state index >= 15 is 0 Å². The molecule has 33 heavy (non-hydrogen) atoms. The van der Waals surface area contributed by atoms with Gasteiger partial charge in [-0.3, -0.25) is 14.5 Å². The smallest absolute Gasteiger partial charge is 0.214 e. The topological polar surface area (TPSA) is 92.8 Å². The SMILES string of the molecule is Cc1nn(CC(C)(C)O)c(C)c1-c1ccnc(O[C@H]2CN(C3=C(Cl)C(=O)CN=C3)C[C@@H]2F)c1. The van der Waals surface area contributed by atoms with Gasteiger partial charge in [0.2, 0.25) is 5.88 Å². The molecule has 8 nitrogen and oxygen atoms in total. The molecule has 1 saturated heterocycles. The Morgan fingerprint density at radius 3 is 2.82 bits per heavy atom. The van der Waals surface area contributed by atoms with E-state index in [9.17, 15) is 14.3 Å². The van der Waals surface area contributed by atoms with Gasteiger partial charge in [0, 0.05) is 29.7 Å².